The van der Waals surface area contributed by atoms with Gasteiger partial charge in [0.25, 0.3) is 5.91 Å². The number of hydrogen-bond acceptors (Lipinski definition) is 5. The Morgan fingerprint density at radius 2 is 2.07 bits per heavy atom. The molecule has 0 unspecified atom stereocenters. The van der Waals surface area contributed by atoms with Gasteiger partial charge < -0.3 is 10.6 Å². The van der Waals surface area contributed by atoms with E-state index in [2.05, 4.69) is 22.9 Å². The lowest BCUT2D eigenvalue weighted by Crippen LogP contribution is -2.51. The van der Waals surface area contributed by atoms with Gasteiger partial charge in [0, 0.05) is 16.5 Å². The monoisotopic (exact) mass is 418 g/mol. The van der Waals surface area contributed by atoms with Gasteiger partial charge in [-0.05, 0) is 49.5 Å². The van der Waals surface area contributed by atoms with Crippen LogP contribution in [0.1, 0.15) is 55.9 Å². The van der Waals surface area contributed by atoms with Gasteiger partial charge in [0.2, 0.25) is 5.91 Å². The first-order valence-corrected chi connectivity index (χ1v) is 11.1. The number of thiophene rings is 1. The Kier molecular flexibility index (Phi) is 5.33. The van der Waals surface area contributed by atoms with Crippen molar-refractivity contribution in [3.05, 3.63) is 21.9 Å². The van der Waals surface area contributed by atoms with E-state index in [4.69, 9.17) is 0 Å². The lowest BCUT2D eigenvalue weighted by molar-refractivity contribution is -0.135. The molecule has 1 aromatic rings. The summed E-state index contributed by atoms with van der Waals surface area (Å²) >= 11 is 1.58. The number of imide groups is 2. The maximum atomic E-state index is 13.1. The number of carbonyl (C=O) groups excluding carboxylic acids is 4. The Hall–Kier alpha value is -2.42. The zero-order valence-corrected chi connectivity index (χ0v) is 17.3. The molecule has 0 radical (unpaired) electrons. The van der Waals surface area contributed by atoms with E-state index in [1.165, 1.54) is 0 Å². The van der Waals surface area contributed by atoms with Crippen molar-refractivity contribution in [1.29, 1.82) is 0 Å². The third kappa shape index (κ3) is 3.63. The predicted molar refractivity (Wildman–Crippen MR) is 107 cm³/mol. The molecule has 1 spiro atoms. The minimum absolute atomic E-state index is 0.0378. The highest BCUT2D eigenvalue weighted by Gasteiger charge is 2.54. The van der Waals surface area contributed by atoms with E-state index in [1.807, 2.05) is 11.4 Å². The molecule has 3 N–H and O–H groups in total. The summed E-state index contributed by atoms with van der Waals surface area (Å²) in [4.78, 5) is 52.1. The summed E-state index contributed by atoms with van der Waals surface area (Å²) in [6.45, 7) is 1.61. The molecule has 0 aromatic carbocycles. The Balaban J connectivity index is 1.38. The molecule has 6 amide bonds. The molecule has 2 fully saturated rings. The average Bonchev–Trinajstić information content (AvgIpc) is 3.24. The van der Waals surface area contributed by atoms with Gasteiger partial charge >= 0.3 is 12.1 Å². The summed E-state index contributed by atoms with van der Waals surface area (Å²) in [5.41, 5.74) is -0.246. The van der Waals surface area contributed by atoms with Gasteiger partial charge in [0.15, 0.2) is 0 Å². The zero-order valence-electron chi connectivity index (χ0n) is 16.5. The van der Waals surface area contributed by atoms with Crippen LogP contribution in [0.15, 0.2) is 11.4 Å². The molecule has 1 aliphatic heterocycles. The standard InChI is InChI=1S/C20H26N4O4S/c1-12-5-2-3-6-14(12)21-18(27)22-16(25)11-24-17(26)20(23-19(24)28)9-4-7-15-13(20)8-10-29-15/h8,10,12,14H,2-7,9,11H2,1H3,(H,23,28)(H2,21,22,25,27)/t12-,14+,20-/m0/s1. The Morgan fingerprint density at radius 1 is 1.28 bits per heavy atom. The first-order chi connectivity index (χ1) is 13.9. The van der Waals surface area contributed by atoms with Crippen LogP contribution in [0, 0.1) is 5.92 Å². The molecule has 2 heterocycles. The average molecular weight is 419 g/mol. The van der Waals surface area contributed by atoms with E-state index in [9.17, 15) is 19.2 Å². The number of hydrogen-bond donors (Lipinski definition) is 3. The zero-order chi connectivity index (χ0) is 20.6. The van der Waals surface area contributed by atoms with Crippen molar-refractivity contribution in [2.45, 2.75) is 63.5 Å². The molecule has 156 valence electrons. The number of nitrogens with one attached hydrogen (secondary N) is 3. The van der Waals surface area contributed by atoms with Crippen molar-refractivity contribution in [2.24, 2.45) is 5.92 Å². The molecule has 3 atom stereocenters. The van der Waals surface area contributed by atoms with Crippen molar-refractivity contribution < 1.29 is 19.2 Å². The second-order valence-electron chi connectivity index (χ2n) is 8.23. The lowest BCUT2D eigenvalue weighted by atomic mass is 9.80. The summed E-state index contributed by atoms with van der Waals surface area (Å²) in [7, 11) is 0. The molecule has 29 heavy (non-hydrogen) atoms. The van der Waals surface area contributed by atoms with E-state index >= 15 is 0 Å². The smallest absolute Gasteiger partial charge is 0.325 e. The Labute approximate surface area is 173 Å². The van der Waals surface area contributed by atoms with Crippen LogP contribution in [-0.4, -0.2) is 41.4 Å². The fraction of sp³-hybridized carbons (Fsp3) is 0.600. The van der Waals surface area contributed by atoms with E-state index in [0.29, 0.717) is 12.3 Å². The molecule has 1 saturated carbocycles. The minimum atomic E-state index is -1.08. The highest BCUT2D eigenvalue weighted by Crippen LogP contribution is 2.42. The summed E-state index contributed by atoms with van der Waals surface area (Å²) in [5, 5.41) is 9.83. The summed E-state index contributed by atoms with van der Waals surface area (Å²) in [5.74, 6) is -0.729. The molecular weight excluding hydrogens is 392 g/mol. The van der Waals surface area contributed by atoms with Gasteiger partial charge in [0.05, 0.1) is 0 Å². The lowest BCUT2D eigenvalue weighted by Gasteiger charge is -2.31. The quantitative estimate of drug-likeness (QED) is 0.654. The van der Waals surface area contributed by atoms with E-state index in [0.717, 1.165) is 53.9 Å². The third-order valence-electron chi connectivity index (χ3n) is 6.32. The van der Waals surface area contributed by atoms with E-state index < -0.39 is 36.0 Å². The highest BCUT2D eigenvalue weighted by atomic mass is 32.1. The molecular formula is C20H26N4O4S. The number of nitrogens with zero attached hydrogens (tertiary/aromatic N) is 1. The van der Waals surface area contributed by atoms with Crippen LogP contribution in [0.25, 0.3) is 0 Å². The summed E-state index contributed by atoms with van der Waals surface area (Å²) in [6, 6.07) is 0.745. The second-order valence-corrected chi connectivity index (χ2v) is 9.23. The molecule has 9 heteroatoms. The van der Waals surface area contributed by atoms with Crippen LogP contribution in [0.3, 0.4) is 0 Å². The molecule has 8 nitrogen and oxygen atoms in total. The van der Waals surface area contributed by atoms with E-state index in [1.54, 1.807) is 11.3 Å². The number of fused-ring (bicyclic) bond motifs is 2. The molecule has 4 rings (SSSR count). The predicted octanol–water partition coefficient (Wildman–Crippen LogP) is 2.24. The van der Waals surface area contributed by atoms with Crippen LogP contribution in [0.2, 0.25) is 0 Å². The van der Waals surface area contributed by atoms with Gasteiger partial charge in [-0.15, -0.1) is 11.3 Å². The van der Waals surface area contributed by atoms with Gasteiger partial charge in [0.1, 0.15) is 12.1 Å². The van der Waals surface area contributed by atoms with Crippen molar-refractivity contribution in [2.75, 3.05) is 6.54 Å². The SMILES string of the molecule is C[C@H]1CCCC[C@H]1NC(=O)NC(=O)CN1C(=O)N[C@]2(CCCc3sccc32)C1=O. The van der Waals surface area contributed by atoms with Crippen LogP contribution >= 0.6 is 11.3 Å². The van der Waals surface area contributed by atoms with Crippen molar-refractivity contribution in [1.82, 2.24) is 20.9 Å². The van der Waals surface area contributed by atoms with Gasteiger partial charge in [-0.2, -0.15) is 0 Å². The molecule has 0 bridgehead atoms. The van der Waals surface area contributed by atoms with Crippen LogP contribution in [0.5, 0.6) is 0 Å². The first kappa shape index (κ1) is 19.9. The van der Waals surface area contributed by atoms with E-state index in [-0.39, 0.29) is 6.04 Å². The second kappa shape index (κ2) is 7.78. The van der Waals surface area contributed by atoms with Crippen LogP contribution < -0.4 is 16.0 Å². The molecule has 2 aliphatic carbocycles. The summed E-state index contributed by atoms with van der Waals surface area (Å²) < 4.78 is 0. The van der Waals surface area contributed by atoms with Crippen molar-refractivity contribution in [3.8, 4) is 0 Å². The third-order valence-corrected chi connectivity index (χ3v) is 7.30. The van der Waals surface area contributed by atoms with Crippen molar-refractivity contribution in [3.63, 3.8) is 0 Å². The van der Waals surface area contributed by atoms with Crippen LogP contribution in [0.4, 0.5) is 9.59 Å². The Bertz CT molecular complexity index is 853. The first-order valence-electron chi connectivity index (χ1n) is 10.2. The fourth-order valence-corrected chi connectivity index (χ4v) is 5.73. The fourth-order valence-electron chi connectivity index (χ4n) is 4.73. The van der Waals surface area contributed by atoms with Crippen LogP contribution in [-0.2, 0) is 21.5 Å². The number of aryl methyl sites for hydroxylation is 1. The molecule has 1 saturated heterocycles. The molecule has 3 aliphatic rings. The highest BCUT2D eigenvalue weighted by molar-refractivity contribution is 7.10. The van der Waals surface area contributed by atoms with Crippen molar-refractivity contribution >= 4 is 35.2 Å². The number of amides is 6. The Morgan fingerprint density at radius 3 is 2.86 bits per heavy atom. The number of rotatable bonds is 3. The maximum Gasteiger partial charge on any atom is 0.325 e. The number of carbonyl (C=O) groups is 4. The number of urea groups is 2. The van der Waals surface area contributed by atoms with Gasteiger partial charge in [-0.1, -0.05) is 19.8 Å². The topological polar surface area (TPSA) is 108 Å². The van der Waals surface area contributed by atoms with Gasteiger partial charge in [-0.3, -0.25) is 19.8 Å². The largest absolute Gasteiger partial charge is 0.335 e. The summed E-state index contributed by atoms with van der Waals surface area (Å²) in [6.07, 6.45) is 6.34. The minimum Gasteiger partial charge on any atom is -0.335 e. The molecule has 1 aromatic heterocycles. The normalized spacial score (nSPS) is 28.8. The maximum absolute atomic E-state index is 13.1. The van der Waals surface area contributed by atoms with Gasteiger partial charge in [-0.25, -0.2) is 9.59 Å².